The Morgan fingerprint density at radius 3 is 2.95 bits per heavy atom. The molecule has 0 aliphatic rings. The van der Waals surface area contributed by atoms with Crippen molar-refractivity contribution in [2.24, 2.45) is 0 Å². The average molecular weight is 256 g/mol. The summed E-state index contributed by atoms with van der Waals surface area (Å²) in [6, 6.07) is 7.45. The molecule has 0 spiro atoms. The Bertz CT molecular complexity index is 661. The first-order valence-electron chi connectivity index (χ1n) is 5.85. The van der Waals surface area contributed by atoms with Gasteiger partial charge >= 0.3 is 0 Å². The van der Waals surface area contributed by atoms with Crippen LogP contribution >= 0.6 is 0 Å². The van der Waals surface area contributed by atoms with Crippen LogP contribution in [0.3, 0.4) is 0 Å². The van der Waals surface area contributed by atoms with Gasteiger partial charge in [0.05, 0.1) is 18.4 Å². The standard InChI is InChI=1S/C13H12N4O2/c1-9-16-13(19-17-9)11-5-2-6-14-12(11)15-8-10-4-3-7-18-10/h2-7H,8H2,1H3,(H,14,15). The summed E-state index contributed by atoms with van der Waals surface area (Å²) in [6.45, 7) is 2.32. The molecule has 3 aromatic rings. The van der Waals surface area contributed by atoms with Crippen molar-refractivity contribution in [3.05, 3.63) is 48.3 Å². The Labute approximate surface area is 109 Å². The number of hydrogen-bond donors (Lipinski definition) is 1. The lowest BCUT2D eigenvalue weighted by atomic mass is 10.2. The summed E-state index contributed by atoms with van der Waals surface area (Å²) in [5.74, 6) is 2.56. The van der Waals surface area contributed by atoms with Crippen molar-refractivity contribution < 1.29 is 8.94 Å². The van der Waals surface area contributed by atoms with E-state index >= 15 is 0 Å². The Hall–Kier alpha value is -2.63. The molecule has 0 aliphatic heterocycles. The number of rotatable bonds is 4. The molecule has 0 aromatic carbocycles. The second-order valence-corrected chi connectivity index (χ2v) is 3.98. The highest BCUT2D eigenvalue weighted by Crippen LogP contribution is 2.24. The zero-order valence-electron chi connectivity index (χ0n) is 10.3. The molecule has 1 N–H and O–H groups in total. The molecular weight excluding hydrogens is 244 g/mol. The molecule has 6 heteroatoms. The number of anilines is 1. The Balaban J connectivity index is 1.85. The van der Waals surface area contributed by atoms with Gasteiger partial charge < -0.3 is 14.3 Å². The molecule has 3 aromatic heterocycles. The number of aryl methyl sites for hydroxylation is 1. The minimum atomic E-state index is 0.451. The third kappa shape index (κ3) is 2.47. The van der Waals surface area contributed by atoms with Crippen LogP contribution in [0.4, 0.5) is 5.82 Å². The number of pyridine rings is 1. The lowest BCUT2D eigenvalue weighted by Gasteiger charge is -2.06. The smallest absolute Gasteiger partial charge is 0.261 e. The fourth-order valence-electron chi connectivity index (χ4n) is 1.71. The van der Waals surface area contributed by atoms with E-state index in [4.69, 9.17) is 8.94 Å². The van der Waals surface area contributed by atoms with Gasteiger partial charge in [-0.25, -0.2) is 4.98 Å². The van der Waals surface area contributed by atoms with E-state index in [0.717, 1.165) is 11.3 Å². The number of furan rings is 1. The highest BCUT2D eigenvalue weighted by molar-refractivity contribution is 5.68. The summed E-state index contributed by atoms with van der Waals surface area (Å²) in [4.78, 5) is 8.49. The molecule has 3 heterocycles. The SMILES string of the molecule is Cc1noc(-c2cccnc2NCc2ccco2)n1. The molecule has 0 fully saturated rings. The van der Waals surface area contributed by atoms with E-state index in [1.165, 1.54) is 0 Å². The molecule has 0 aliphatic carbocycles. The summed E-state index contributed by atoms with van der Waals surface area (Å²) in [5.41, 5.74) is 0.773. The van der Waals surface area contributed by atoms with Crippen molar-refractivity contribution in [3.63, 3.8) is 0 Å². The predicted molar refractivity (Wildman–Crippen MR) is 68.3 cm³/mol. The maximum Gasteiger partial charge on any atom is 0.261 e. The first-order valence-corrected chi connectivity index (χ1v) is 5.85. The zero-order chi connectivity index (χ0) is 13.1. The predicted octanol–water partition coefficient (Wildman–Crippen LogP) is 2.65. The largest absolute Gasteiger partial charge is 0.467 e. The van der Waals surface area contributed by atoms with Crippen LogP contribution in [0.15, 0.2) is 45.7 Å². The van der Waals surface area contributed by atoms with Gasteiger partial charge in [0.15, 0.2) is 5.82 Å². The summed E-state index contributed by atoms with van der Waals surface area (Å²) in [5, 5.41) is 6.97. The maximum atomic E-state index is 5.26. The number of hydrogen-bond acceptors (Lipinski definition) is 6. The quantitative estimate of drug-likeness (QED) is 0.773. The normalized spacial score (nSPS) is 10.6. The highest BCUT2D eigenvalue weighted by atomic mass is 16.5. The molecule has 0 atom stereocenters. The van der Waals surface area contributed by atoms with Crippen molar-refractivity contribution in [3.8, 4) is 11.5 Å². The summed E-state index contributed by atoms with van der Waals surface area (Å²) >= 11 is 0. The summed E-state index contributed by atoms with van der Waals surface area (Å²) in [6.07, 6.45) is 3.34. The van der Waals surface area contributed by atoms with E-state index in [1.807, 2.05) is 24.3 Å². The first-order chi connectivity index (χ1) is 9.33. The number of nitrogens with one attached hydrogen (secondary N) is 1. The van der Waals surface area contributed by atoms with Crippen LogP contribution in [0.1, 0.15) is 11.6 Å². The lowest BCUT2D eigenvalue weighted by Crippen LogP contribution is -2.02. The number of aromatic nitrogens is 3. The summed E-state index contributed by atoms with van der Waals surface area (Å²) < 4.78 is 10.4. The topological polar surface area (TPSA) is 77.0 Å². The van der Waals surface area contributed by atoms with E-state index in [0.29, 0.717) is 24.1 Å². The second kappa shape index (κ2) is 4.93. The molecule has 0 saturated heterocycles. The van der Waals surface area contributed by atoms with Gasteiger partial charge in [0.25, 0.3) is 5.89 Å². The van der Waals surface area contributed by atoms with Crippen LogP contribution < -0.4 is 5.32 Å². The molecule has 6 nitrogen and oxygen atoms in total. The Morgan fingerprint density at radius 1 is 1.26 bits per heavy atom. The highest BCUT2D eigenvalue weighted by Gasteiger charge is 2.12. The minimum absolute atomic E-state index is 0.451. The molecule has 0 amide bonds. The third-order valence-corrected chi connectivity index (χ3v) is 2.58. The van der Waals surface area contributed by atoms with Crippen LogP contribution in [0, 0.1) is 6.92 Å². The van der Waals surface area contributed by atoms with Gasteiger partial charge in [-0.3, -0.25) is 0 Å². The maximum absolute atomic E-state index is 5.26. The van der Waals surface area contributed by atoms with E-state index in [2.05, 4.69) is 20.4 Å². The van der Waals surface area contributed by atoms with E-state index in [-0.39, 0.29) is 0 Å². The van der Waals surface area contributed by atoms with Crippen LogP contribution in [-0.4, -0.2) is 15.1 Å². The van der Waals surface area contributed by atoms with E-state index in [9.17, 15) is 0 Å². The fourth-order valence-corrected chi connectivity index (χ4v) is 1.71. The molecule has 0 saturated carbocycles. The van der Waals surface area contributed by atoms with E-state index < -0.39 is 0 Å². The van der Waals surface area contributed by atoms with Gasteiger partial charge in [-0.15, -0.1) is 0 Å². The van der Waals surface area contributed by atoms with Crippen molar-refractivity contribution in [1.82, 2.24) is 15.1 Å². The molecule has 0 unspecified atom stereocenters. The van der Waals surface area contributed by atoms with Crippen LogP contribution in [0.2, 0.25) is 0 Å². The molecule has 0 bridgehead atoms. The number of nitrogens with zero attached hydrogens (tertiary/aromatic N) is 3. The zero-order valence-corrected chi connectivity index (χ0v) is 10.3. The van der Waals surface area contributed by atoms with Gasteiger partial charge in [-0.05, 0) is 31.2 Å². The lowest BCUT2D eigenvalue weighted by molar-refractivity contribution is 0.425. The monoisotopic (exact) mass is 256 g/mol. The van der Waals surface area contributed by atoms with Crippen molar-refractivity contribution in [2.45, 2.75) is 13.5 Å². The molecular formula is C13H12N4O2. The molecule has 3 rings (SSSR count). The Morgan fingerprint density at radius 2 is 2.21 bits per heavy atom. The van der Waals surface area contributed by atoms with Crippen LogP contribution in [-0.2, 0) is 6.54 Å². The fraction of sp³-hybridized carbons (Fsp3) is 0.154. The van der Waals surface area contributed by atoms with Gasteiger partial charge in [-0.2, -0.15) is 4.98 Å². The average Bonchev–Trinajstić information content (AvgIpc) is 3.08. The van der Waals surface area contributed by atoms with Crippen LogP contribution in [0.5, 0.6) is 0 Å². The van der Waals surface area contributed by atoms with Crippen molar-refractivity contribution >= 4 is 5.82 Å². The van der Waals surface area contributed by atoms with Gasteiger partial charge in [0.2, 0.25) is 0 Å². The minimum Gasteiger partial charge on any atom is -0.467 e. The first kappa shape index (κ1) is 11.5. The molecule has 19 heavy (non-hydrogen) atoms. The third-order valence-electron chi connectivity index (χ3n) is 2.58. The van der Waals surface area contributed by atoms with Crippen molar-refractivity contribution in [1.29, 1.82) is 0 Å². The van der Waals surface area contributed by atoms with E-state index in [1.54, 1.807) is 19.4 Å². The van der Waals surface area contributed by atoms with Gasteiger partial charge in [0.1, 0.15) is 11.6 Å². The van der Waals surface area contributed by atoms with Crippen LogP contribution in [0.25, 0.3) is 11.5 Å². The molecule has 0 radical (unpaired) electrons. The van der Waals surface area contributed by atoms with Crippen molar-refractivity contribution in [2.75, 3.05) is 5.32 Å². The van der Waals surface area contributed by atoms with Gasteiger partial charge in [-0.1, -0.05) is 5.16 Å². The Kier molecular flexibility index (Phi) is 2.97. The second-order valence-electron chi connectivity index (χ2n) is 3.98. The summed E-state index contributed by atoms with van der Waals surface area (Å²) in [7, 11) is 0. The molecule has 96 valence electrons. The van der Waals surface area contributed by atoms with Gasteiger partial charge in [0, 0.05) is 6.20 Å².